The summed E-state index contributed by atoms with van der Waals surface area (Å²) >= 11 is 6.18. The van der Waals surface area contributed by atoms with E-state index < -0.39 is 0 Å². The Morgan fingerprint density at radius 1 is 1.41 bits per heavy atom. The fourth-order valence-electron chi connectivity index (χ4n) is 2.97. The molecule has 5 heteroatoms. The molecule has 0 aromatic carbocycles. The quantitative estimate of drug-likeness (QED) is 0.866. The van der Waals surface area contributed by atoms with Crippen molar-refractivity contribution in [3.63, 3.8) is 0 Å². The van der Waals surface area contributed by atoms with Crippen LogP contribution in [0.3, 0.4) is 0 Å². The fraction of sp³-hybridized carbons (Fsp3) is 0.647. The molecule has 0 saturated heterocycles. The summed E-state index contributed by atoms with van der Waals surface area (Å²) in [6, 6.07) is 0.556. The van der Waals surface area contributed by atoms with E-state index in [2.05, 4.69) is 24.1 Å². The number of rotatable bonds is 3. The van der Waals surface area contributed by atoms with Gasteiger partial charge in [0.1, 0.15) is 0 Å². The minimum absolute atomic E-state index is 0.0238. The molecule has 1 aliphatic heterocycles. The number of amides is 1. The molecular formula is C17H24ClN3O. The second-order valence-corrected chi connectivity index (χ2v) is 7.28. The zero-order valence-corrected chi connectivity index (χ0v) is 14.2. The number of guanidine groups is 1. The van der Waals surface area contributed by atoms with Gasteiger partial charge in [-0.05, 0) is 37.7 Å². The van der Waals surface area contributed by atoms with Gasteiger partial charge in [0.25, 0.3) is 0 Å². The van der Waals surface area contributed by atoms with Crippen molar-refractivity contribution >= 4 is 23.5 Å². The average Bonchev–Trinajstić information content (AvgIpc) is 2.74. The Bertz CT molecular complexity index is 560. The summed E-state index contributed by atoms with van der Waals surface area (Å²) in [7, 11) is 0. The third-order valence-corrected chi connectivity index (χ3v) is 5.30. The molecule has 4 nitrogen and oxygen atoms in total. The predicted octanol–water partition coefficient (Wildman–Crippen LogP) is 3.40. The first-order chi connectivity index (χ1) is 10.5. The molecule has 3 aliphatic rings. The highest BCUT2D eigenvalue weighted by Crippen LogP contribution is 2.37. The molecule has 3 rings (SSSR count). The van der Waals surface area contributed by atoms with Gasteiger partial charge in [0.15, 0.2) is 0 Å². The molecule has 0 bridgehead atoms. The van der Waals surface area contributed by atoms with Gasteiger partial charge in [-0.15, -0.1) is 0 Å². The molecule has 22 heavy (non-hydrogen) atoms. The van der Waals surface area contributed by atoms with Gasteiger partial charge < -0.3 is 4.90 Å². The van der Waals surface area contributed by atoms with Crippen LogP contribution in [0.5, 0.6) is 0 Å². The lowest BCUT2D eigenvalue weighted by Crippen LogP contribution is -2.50. The molecule has 0 aromatic rings. The fourth-order valence-corrected chi connectivity index (χ4v) is 3.17. The second kappa shape index (κ2) is 6.07. The highest BCUT2D eigenvalue weighted by atomic mass is 35.5. The van der Waals surface area contributed by atoms with E-state index in [9.17, 15) is 4.79 Å². The smallest absolute Gasteiger partial charge is 0.229 e. The zero-order chi connectivity index (χ0) is 15.9. The minimum Gasteiger partial charge on any atom is -0.311 e. The van der Waals surface area contributed by atoms with Crippen LogP contribution in [0.15, 0.2) is 27.9 Å². The third kappa shape index (κ3) is 2.81. The highest BCUT2D eigenvalue weighted by Gasteiger charge is 2.39. The number of nitrogens with zero attached hydrogens (tertiary/aromatic N) is 2. The standard InChI is InChI=1S/C17H24ClN3O/c1-10(2)11(3)16(22)20-17-19-14-8-7-12(18)9-15(14)21(17)13-5-4-6-13/h7,9-11,13-14H,4-6,8H2,1-3H3,(H,19,20,22)/t11-,14?/m0/s1. The van der Waals surface area contributed by atoms with E-state index in [1.54, 1.807) is 0 Å². The van der Waals surface area contributed by atoms with Crippen LogP contribution in [0.2, 0.25) is 0 Å². The summed E-state index contributed by atoms with van der Waals surface area (Å²) in [4.78, 5) is 19.4. The van der Waals surface area contributed by atoms with Crippen LogP contribution in [0.4, 0.5) is 0 Å². The van der Waals surface area contributed by atoms with Crippen LogP contribution in [-0.2, 0) is 4.79 Å². The van der Waals surface area contributed by atoms with Crippen LogP contribution in [-0.4, -0.2) is 28.9 Å². The Morgan fingerprint density at radius 2 is 2.14 bits per heavy atom. The Balaban J connectivity index is 1.80. The highest BCUT2D eigenvalue weighted by molar-refractivity contribution is 6.31. The van der Waals surface area contributed by atoms with E-state index in [1.165, 1.54) is 6.42 Å². The molecule has 1 heterocycles. The number of fused-ring (bicyclic) bond motifs is 1. The third-order valence-electron chi connectivity index (χ3n) is 5.04. The van der Waals surface area contributed by atoms with Crippen molar-refractivity contribution in [2.75, 3.05) is 0 Å². The van der Waals surface area contributed by atoms with Crippen molar-refractivity contribution in [1.82, 2.24) is 10.2 Å². The lowest BCUT2D eigenvalue weighted by atomic mass is 9.90. The molecule has 0 spiro atoms. The number of hydrogen-bond donors (Lipinski definition) is 1. The van der Waals surface area contributed by atoms with E-state index in [1.807, 2.05) is 19.1 Å². The van der Waals surface area contributed by atoms with Crippen LogP contribution in [0, 0.1) is 11.8 Å². The van der Waals surface area contributed by atoms with Crippen molar-refractivity contribution in [1.29, 1.82) is 0 Å². The lowest BCUT2D eigenvalue weighted by Gasteiger charge is -2.38. The van der Waals surface area contributed by atoms with Gasteiger partial charge in [0, 0.05) is 22.7 Å². The first-order valence-electron chi connectivity index (χ1n) is 8.22. The monoisotopic (exact) mass is 321 g/mol. The van der Waals surface area contributed by atoms with E-state index in [0.717, 1.165) is 36.0 Å². The first-order valence-corrected chi connectivity index (χ1v) is 8.60. The summed E-state index contributed by atoms with van der Waals surface area (Å²) in [5.41, 5.74) is 1.14. The van der Waals surface area contributed by atoms with Gasteiger partial charge in [0.05, 0.1) is 6.04 Å². The molecular weight excluding hydrogens is 298 g/mol. The maximum atomic E-state index is 12.4. The summed E-state index contributed by atoms with van der Waals surface area (Å²) in [5, 5.41) is 3.83. The number of carbonyl (C=O) groups excluding carboxylic acids is 1. The van der Waals surface area contributed by atoms with Crippen molar-refractivity contribution in [2.24, 2.45) is 16.8 Å². The summed E-state index contributed by atoms with van der Waals surface area (Å²) in [6.07, 6.45) is 8.36. The number of allylic oxidation sites excluding steroid dienone is 2. The summed E-state index contributed by atoms with van der Waals surface area (Å²) in [5.74, 6) is 1.07. The maximum Gasteiger partial charge on any atom is 0.229 e. The number of aliphatic imine (C=N–C) groups is 1. The minimum atomic E-state index is -0.0238. The Morgan fingerprint density at radius 3 is 2.73 bits per heavy atom. The molecule has 1 unspecified atom stereocenters. The van der Waals surface area contributed by atoms with Crippen LogP contribution < -0.4 is 5.32 Å². The maximum absolute atomic E-state index is 12.4. The number of carbonyl (C=O) groups is 1. The van der Waals surface area contributed by atoms with Crippen molar-refractivity contribution in [3.8, 4) is 0 Å². The Hall–Kier alpha value is -1.29. The Labute approximate surface area is 137 Å². The summed E-state index contributed by atoms with van der Waals surface area (Å²) < 4.78 is 0. The van der Waals surface area contributed by atoms with E-state index in [-0.39, 0.29) is 17.9 Å². The lowest BCUT2D eigenvalue weighted by molar-refractivity contribution is -0.124. The van der Waals surface area contributed by atoms with E-state index in [0.29, 0.717) is 12.0 Å². The van der Waals surface area contributed by atoms with E-state index in [4.69, 9.17) is 16.6 Å². The predicted molar refractivity (Wildman–Crippen MR) is 89.5 cm³/mol. The van der Waals surface area contributed by atoms with Crippen LogP contribution >= 0.6 is 11.6 Å². The molecule has 1 fully saturated rings. The number of nitrogens with one attached hydrogen (secondary N) is 1. The molecule has 120 valence electrons. The second-order valence-electron chi connectivity index (χ2n) is 6.84. The zero-order valence-electron chi connectivity index (χ0n) is 13.5. The van der Waals surface area contributed by atoms with Crippen molar-refractivity contribution in [3.05, 3.63) is 22.9 Å². The topological polar surface area (TPSA) is 44.7 Å². The normalized spacial score (nSPS) is 26.0. The average molecular weight is 322 g/mol. The number of halogens is 1. The van der Waals surface area contributed by atoms with Gasteiger partial charge >= 0.3 is 0 Å². The molecule has 1 amide bonds. The largest absolute Gasteiger partial charge is 0.311 e. The van der Waals surface area contributed by atoms with Crippen LogP contribution in [0.25, 0.3) is 0 Å². The Kier molecular flexibility index (Phi) is 4.31. The van der Waals surface area contributed by atoms with Gasteiger partial charge in [-0.2, -0.15) is 0 Å². The van der Waals surface area contributed by atoms with E-state index >= 15 is 0 Å². The molecule has 2 aliphatic carbocycles. The van der Waals surface area contributed by atoms with Gasteiger partial charge in [0.2, 0.25) is 11.9 Å². The molecule has 1 saturated carbocycles. The van der Waals surface area contributed by atoms with Gasteiger partial charge in [-0.1, -0.05) is 38.4 Å². The molecule has 2 atom stereocenters. The SMILES string of the molecule is CC(C)[C@H](C)C(=O)NC1=NC2CC=C(Cl)C=C2N1C1CCC1. The van der Waals surface area contributed by atoms with Gasteiger partial charge in [-0.3, -0.25) is 10.1 Å². The van der Waals surface area contributed by atoms with Crippen LogP contribution in [0.1, 0.15) is 46.5 Å². The van der Waals surface area contributed by atoms with Crippen molar-refractivity contribution < 1.29 is 4.79 Å². The first kappa shape index (κ1) is 15.6. The molecule has 1 N–H and O–H groups in total. The molecule has 0 radical (unpaired) electrons. The number of hydrogen-bond acceptors (Lipinski definition) is 3. The van der Waals surface area contributed by atoms with Gasteiger partial charge in [-0.25, -0.2) is 4.99 Å². The summed E-state index contributed by atoms with van der Waals surface area (Å²) in [6.45, 7) is 6.10. The molecule has 0 aromatic heterocycles. The van der Waals surface area contributed by atoms with Crippen molar-refractivity contribution in [2.45, 2.75) is 58.5 Å².